The Morgan fingerprint density at radius 2 is 2.16 bits per heavy atom. The summed E-state index contributed by atoms with van der Waals surface area (Å²) in [6.45, 7) is 4.45. The molecular weight excluding hydrogens is 236 g/mol. The molecule has 1 aliphatic carbocycles. The zero-order valence-electron chi connectivity index (χ0n) is 11.7. The number of hydrogen-bond acceptors (Lipinski definition) is 3. The van der Waals surface area contributed by atoms with Crippen molar-refractivity contribution in [3.05, 3.63) is 29.3 Å². The highest BCUT2D eigenvalue weighted by molar-refractivity contribution is 5.56. The molecule has 3 heteroatoms. The molecule has 19 heavy (non-hydrogen) atoms. The van der Waals surface area contributed by atoms with Crippen molar-refractivity contribution >= 4 is 5.69 Å². The maximum Gasteiger partial charge on any atom is 0.0635 e. The highest BCUT2D eigenvalue weighted by Gasteiger charge is 2.26. The lowest BCUT2D eigenvalue weighted by atomic mass is 10.1. The largest absolute Gasteiger partial charge is 0.394 e. The molecule has 0 aromatic heterocycles. The molecular formula is C16H24N2O. The van der Waals surface area contributed by atoms with Gasteiger partial charge in [-0.3, -0.25) is 0 Å². The van der Waals surface area contributed by atoms with E-state index in [1.165, 1.54) is 36.1 Å². The van der Waals surface area contributed by atoms with Crippen LogP contribution in [0.5, 0.6) is 0 Å². The molecule has 0 radical (unpaired) electrons. The van der Waals surface area contributed by atoms with Gasteiger partial charge in [-0.2, -0.15) is 0 Å². The number of anilines is 1. The smallest absolute Gasteiger partial charge is 0.0635 e. The summed E-state index contributed by atoms with van der Waals surface area (Å²) in [6.07, 6.45) is 4.95. The van der Waals surface area contributed by atoms with Crippen LogP contribution in [-0.4, -0.2) is 30.3 Å². The molecule has 3 rings (SSSR count). The van der Waals surface area contributed by atoms with E-state index in [4.69, 9.17) is 0 Å². The van der Waals surface area contributed by atoms with Gasteiger partial charge in [0.25, 0.3) is 0 Å². The molecule has 1 aromatic carbocycles. The summed E-state index contributed by atoms with van der Waals surface area (Å²) >= 11 is 0. The second-order valence-electron chi connectivity index (χ2n) is 5.96. The number of nitrogens with one attached hydrogen (secondary N) is 1. The van der Waals surface area contributed by atoms with Gasteiger partial charge in [0.1, 0.15) is 0 Å². The maximum absolute atomic E-state index is 9.51. The van der Waals surface area contributed by atoms with E-state index in [-0.39, 0.29) is 6.61 Å². The van der Waals surface area contributed by atoms with E-state index in [0.29, 0.717) is 6.04 Å². The van der Waals surface area contributed by atoms with Crippen LogP contribution in [0.3, 0.4) is 0 Å². The van der Waals surface area contributed by atoms with Gasteiger partial charge in [0.05, 0.1) is 12.6 Å². The Hall–Kier alpha value is -1.06. The number of aryl methyl sites for hydroxylation is 1. The van der Waals surface area contributed by atoms with Gasteiger partial charge in [-0.05, 0) is 44.2 Å². The molecule has 1 atom stereocenters. The Balaban J connectivity index is 1.81. The molecule has 1 aromatic rings. The van der Waals surface area contributed by atoms with Gasteiger partial charge >= 0.3 is 0 Å². The summed E-state index contributed by atoms with van der Waals surface area (Å²) in [5, 5.41) is 13.1. The lowest BCUT2D eigenvalue weighted by Crippen LogP contribution is -2.33. The third-order valence-electron chi connectivity index (χ3n) is 4.29. The molecule has 0 bridgehead atoms. The van der Waals surface area contributed by atoms with Crippen LogP contribution in [0, 0.1) is 6.92 Å². The molecule has 3 nitrogen and oxygen atoms in total. The highest BCUT2D eigenvalue weighted by Crippen LogP contribution is 2.30. The van der Waals surface area contributed by atoms with Crippen molar-refractivity contribution in [3.8, 4) is 0 Å². The first-order valence-corrected chi connectivity index (χ1v) is 7.48. The van der Waals surface area contributed by atoms with Crippen LogP contribution in [0.15, 0.2) is 18.2 Å². The number of hydrogen-bond donors (Lipinski definition) is 2. The van der Waals surface area contributed by atoms with E-state index in [1.807, 2.05) is 0 Å². The predicted octanol–water partition coefficient (Wildman–Crippen LogP) is 2.21. The molecule has 1 saturated carbocycles. The van der Waals surface area contributed by atoms with Gasteiger partial charge in [-0.15, -0.1) is 0 Å². The van der Waals surface area contributed by atoms with Gasteiger partial charge in [0, 0.05) is 24.8 Å². The molecule has 1 unspecified atom stereocenters. The average molecular weight is 260 g/mol. The van der Waals surface area contributed by atoms with Gasteiger partial charge in [0.2, 0.25) is 0 Å². The van der Waals surface area contributed by atoms with Gasteiger partial charge < -0.3 is 15.3 Å². The second-order valence-corrected chi connectivity index (χ2v) is 5.96. The number of rotatable bonds is 5. The van der Waals surface area contributed by atoms with Crippen LogP contribution in [0.25, 0.3) is 0 Å². The van der Waals surface area contributed by atoms with Gasteiger partial charge in [-0.25, -0.2) is 0 Å². The fourth-order valence-corrected chi connectivity index (χ4v) is 3.02. The summed E-state index contributed by atoms with van der Waals surface area (Å²) in [6, 6.07) is 7.75. The van der Waals surface area contributed by atoms with Crippen LogP contribution < -0.4 is 10.2 Å². The fourth-order valence-electron chi connectivity index (χ4n) is 3.02. The van der Waals surface area contributed by atoms with Crippen molar-refractivity contribution in [2.75, 3.05) is 18.1 Å². The molecule has 1 heterocycles. The van der Waals surface area contributed by atoms with E-state index < -0.39 is 0 Å². The van der Waals surface area contributed by atoms with E-state index in [2.05, 4.69) is 35.3 Å². The van der Waals surface area contributed by atoms with Crippen molar-refractivity contribution in [1.29, 1.82) is 0 Å². The predicted molar refractivity (Wildman–Crippen MR) is 78.5 cm³/mol. The summed E-state index contributed by atoms with van der Waals surface area (Å²) in [7, 11) is 0. The maximum atomic E-state index is 9.51. The number of benzene rings is 1. The van der Waals surface area contributed by atoms with E-state index >= 15 is 0 Å². The van der Waals surface area contributed by atoms with Crippen molar-refractivity contribution < 1.29 is 5.11 Å². The fraction of sp³-hybridized carbons (Fsp3) is 0.625. The minimum absolute atomic E-state index is 0.267. The zero-order chi connectivity index (χ0) is 13.2. The highest BCUT2D eigenvalue weighted by atomic mass is 16.3. The van der Waals surface area contributed by atoms with Crippen LogP contribution in [-0.2, 0) is 6.54 Å². The second kappa shape index (κ2) is 5.51. The standard InChI is InChI=1S/C16H24N2O/c1-12-4-7-16(18-8-2-3-15(18)11-19)13(9-12)10-17-14-5-6-14/h4,7,9,14-15,17,19H,2-3,5-6,8,10-11H2,1H3. The van der Waals surface area contributed by atoms with Crippen LogP contribution in [0.4, 0.5) is 5.69 Å². The minimum atomic E-state index is 0.267. The summed E-state index contributed by atoms with van der Waals surface area (Å²) in [4.78, 5) is 2.39. The lowest BCUT2D eigenvalue weighted by Gasteiger charge is -2.28. The molecule has 1 aliphatic heterocycles. The van der Waals surface area contributed by atoms with Crippen LogP contribution >= 0.6 is 0 Å². The quantitative estimate of drug-likeness (QED) is 0.852. The first kappa shape index (κ1) is 12.9. The molecule has 104 valence electrons. The molecule has 2 aliphatic rings. The van der Waals surface area contributed by atoms with Crippen LogP contribution in [0.2, 0.25) is 0 Å². The van der Waals surface area contributed by atoms with Crippen molar-refractivity contribution in [2.45, 2.75) is 51.2 Å². The Morgan fingerprint density at radius 3 is 2.89 bits per heavy atom. The number of aliphatic hydroxyl groups is 1. The van der Waals surface area contributed by atoms with Crippen LogP contribution in [0.1, 0.15) is 36.8 Å². The lowest BCUT2D eigenvalue weighted by molar-refractivity contribution is 0.266. The minimum Gasteiger partial charge on any atom is -0.394 e. The Bertz CT molecular complexity index is 442. The first-order valence-electron chi connectivity index (χ1n) is 7.48. The Kier molecular flexibility index (Phi) is 3.76. The van der Waals surface area contributed by atoms with E-state index in [9.17, 15) is 5.11 Å². The molecule has 2 fully saturated rings. The topological polar surface area (TPSA) is 35.5 Å². The molecule has 0 amide bonds. The Labute approximate surface area is 115 Å². The summed E-state index contributed by atoms with van der Waals surface area (Å²) in [5.41, 5.74) is 4.01. The zero-order valence-corrected chi connectivity index (χ0v) is 11.7. The van der Waals surface area contributed by atoms with Gasteiger partial charge in [0.15, 0.2) is 0 Å². The van der Waals surface area contributed by atoms with Crippen molar-refractivity contribution in [2.24, 2.45) is 0 Å². The third kappa shape index (κ3) is 2.93. The molecule has 0 spiro atoms. The number of aliphatic hydroxyl groups excluding tert-OH is 1. The first-order chi connectivity index (χ1) is 9.28. The van der Waals surface area contributed by atoms with E-state index in [1.54, 1.807) is 0 Å². The monoisotopic (exact) mass is 260 g/mol. The van der Waals surface area contributed by atoms with E-state index in [0.717, 1.165) is 25.6 Å². The molecule has 1 saturated heterocycles. The summed E-state index contributed by atoms with van der Waals surface area (Å²) in [5.74, 6) is 0. The number of nitrogens with zero attached hydrogens (tertiary/aromatic N) is 1. The normalized spacial score (nSPS) is 23.1. The van der Waals surface area contributed by atoms with Crippen molar-refractivity contribution in [1.82, 2.24) is 5.32 Å². The average Bonchev–Trinajstić information content (AvgIpc) is 3.13. The third-order valence-corrected chi connectivity index (χ3v) is 4.29. The summed E-state index contributed by atoms with van der Waals surface area (Å²) < 4.78 is 0. The SMILES string of the molecule is Cc1ccc(N2CCCC2CO)c(CNC2CC2)c1. The Morgan fingerprint density at radius 1 is 1.32 bits per heavy atom. The molecule has 2 N–H and O–H groups in total. The van der Waals surface area contributed by atoms with Gasteiger partial charge in [-0.1, -0.05) is 17.7 Å². The van der Waals surface area contributed by atoms with Crippen molar-refractivity contribution in [3.63, 3.8) is 0 Å².